The Morgan fingerprint density at radius 2 is 2.05 bits per heavy atom. The van der Waals surface area contributed by atoms with E-state index in [0.29, 0.717) is 6.42 Å². The van der Waals surface area contributed by atoms with Gasteiger partial charge in [-0.3, -0.25) is 9.78 Å². The molecule has 0 unspecified atom stereocenters. The van der Waals surface area contributed by atoms with Crippen LogP contribution in [0, 0.1) is 5.92 Å². The predicted molar refractivity (Wildman–Crippen MR) is 77.3 cm³/mol. The number of aromatic nitrogens is 1. The van der Waals surface area contributed by atoms with Crippen molar-refractivity contribution >= 4 is 15.9 Å². The first-order valence-corrected chi connectivity index (χ1v) is 8.32. The summed E-state index contributed by atoms with van der Waals surface area (Å²) < 4.78 is 25.0. The molecule has 0 saturated carbocycles. The number of rotatable bonds is 7. The molecule has 1 aromatic rings. The quantitative estimate of drug-likeness (QED) is 0.774. The molecule has 0 aliphatic rings. The molecule has 1 rings (SSSR count). The van der Waals surface area contributed by atoms with Gasteiger partial charge in [-0.25, -0.2) is 13.1 Å². The number of nitrogens with zero attached hydrogens (tertiary/aromatic N) is 1. The van der Waals surface area contributed by atoms with Crippen LogP contribution in [0.15, 0.2) is 24.4 Å². The molecule has 0 radical (unpaired) electrons. The minimum absolute atomic E-state index is 0.204. The van der Waals surface area contributed by atoms with E-state index in [9.17, 15) is 13.2 Å². The fourth-order valence-electron chi connectivity index (χ4n) is 1.74. The average Bonchev–Trinajstić information content (AvgIpc) is 2.34. The van der Waals surface area contributed by atoms with E-state index in [1.54, 1.807) is 18.3 Å². The standard InChI is InChI=1S/C13H21N3O3S/c1-10(2)8-12(16-20(3,18)19)13(17)15-9-11-6-4-5-7-14-11/h4-7,10,12,16H,8-9H2,1-3H3,(H,15,17)/t12-/m1/s1. The highest BCUT2D eigenvalue weighted by molar-refractivity contribution is 7.88. The van der Waals surface area contributed by atoms with Gasteiger partial charge in [-0.2, -0.15) is 0 Å². The van der Waals surface area contributed by atoms with Gasteiger partial charge in [0, 0.05) is 6.20 Å². The van der Waals surface area contributed by atoms with Crippen LogP contribution in [0.1, 0.15) is 26.0 Å². The van der Waals surface area contributed by atoms with Crippen molar-refractivity contribution in [2.75, 3.05) is 6.26 Å². The van der Waals surface area contributed by atoms with Crippen molar-refractivity contribution < 1.29 is 13.2 Å². The molecule has 1 amide bonds. The van der Waals surface area contributed by atoms with Crippen molar-refractivity contribution in [3.63, 3.8) is 0 Å². The maximum Gasteiger partial charge on any atom is 0.238 e. The Balaban J connectivity index is 2.63. The third-order valence-electron chi connectivity index (χ3n) is 2.55. The first kappa shape index (κ1) is 16.6. The van der Waals surface area contributed by atoms with Crippen LogP contribution in [0.3, 0.4) is 0 Å². The maximum absolute atomic E-state index is 12.1. The number of pyridine rings is 1. The van der Waals surface area contributed by atoms with Crippen LogP contribution >= 0.6 is 0 Å². The number of hydrogen-bond donors (Lipinski definition) is 2. The van der Waals surface area contributed by atoms with Gasteiger partial charge < -0.3 is 5.32 Å². The molecule has 0 aliphatic carbocycles. The molecule has 20 heavy (non-hydrogen) atoms. The summed E-state index contributed by atoms with van der Waals surface area (Å²) in [4.78, 5) is 16.2. The number of hydrogen-bond acceptors (Lipinski definition) is 4. The predicted octanol–water partition coefficient (Wildman–Crippen LogP) is 0.662. The molecule has 0 aliphatic heterocycles. The van der Waals surface area contributed by atoms with Crippen molar-refractivity contribution in [1.29, 1.82) is 0 Å². The molecular formula is C13H21N3O3S. The summed E-state index contributed by atoms with van der Waals surface area (Å²) in [7, 11) is -3.42. The van der Waals surface area contributed by atoms with Crippen LogP contribution in [0.5, 0.6) is 0 Å². The van der Waals surface area contributed by atoms with E-state index in [0.717, 1.165) is 11.9 Å². The first-order valence-electron chi connectivity index (χ1n) is 6.43. The molecule has 112 valence electrons. The maximum atomic E-state index is 12.1. The molecule has 7 heteroatoms. The van der Waals surface area contributed by atoms with Crippen LogP contribution in [-0.2, 0) is 21.4 Å². The Bertz CT molecular complexity index is 529. The van der Waals surface area contributed by atoms with Crippen LogP contribution in [0.25, 0.3) is 0 Å². The summed E-state index contributed by atoms with van der Waals surface area (Å²) in [6.45, 7) is 4.14. The highest BCUT2D eigenvalue weighted by atomic mass is 32.2. The Labute approximate surface area is 120 Å². The Morgan fingerprint density at radius 1 is 1.35 bits per heavy atom. The highest BCUT2D eigenvalue weighted by Crippen LogP contribution is 2.06. The summed E-state index contributed by atoms with van der Waals surface area (Å²) in [6.07, 6.45) is 3.13. The average molecular weight is 299 g/mol. The summed E-state index contributed by atoms with van der Waals surface area (Å²) in [6, 6.07) is 4.66. The Morgan fingerprint density at radius 3 is 2.55 bits per heavy atom. The largest absolute Gasteiger partial charge is 0.349 e. The summed E-state index contributed by atoms with van der Waals surface area (Å²) in [5, 5.41) is 2.70. The van der Waals surface area contributed by atoms with E-state index < -0.39 is 16.1 Å². The molecule has 0 fully saturated rings. The normalized spacial score (nSPS) is 13.2. The van der Waals surface area contributed by atoms with Gasteiger partial charge in [-0.1, -0.05) is 19.9 Å². The lowest BCUT2D eigenvalue weighted by molar-refractivity contribution is -0.123. The van der Waals surface area contributed by atoms with E-state index in [4.69, 9.17) is 0 Å². The SMILES string of the molecule is CC(C)C[C@@H](NS(C)(=O)=O)C(=O)NCc1ccccn1. The van der Waals surface area contributed by atoms with Crippen LogP contribution in [-0.4, -0.2) is 31.6 Å². The van der Waals surface area contributed by atoms with E-state index in [-0.39, 0.29) is 18.4 Å². The Kier molecular flexibility index (Phi) is 6.09. The molecule has 0 bridgehead atoms. The summed E-state index contributed by atoms with van der Waals surface area (Å²) >= 11 is 0. The van der Waals surface area contributed by atoms with E-state index >= 15 is 0 Å². The third kappa shape index (κ3) is 6.63. The highest BCUT2D eigenvalue weighted by Gasteiger charge is 2.22. The minimum atomic E-state index is -3.42. The number of nitrogens with one attached hydrogen (secondary N) is 2. The van der Waals surface area contributed by atoms with Gasteiger partial charge in [0.2, 0.25) is 15.9 Å². The fraction of sp³-hybridized carbons (Fsp3) is 0.538. The van der Waals surface area contributed by atoms with Gasteiger partial charge in [0.25, 0.3) is 0 Å². The molecule has 1 heterocycles. The van der Waals surface area contributed by atoms with Crippen molar-refractivity contribution in [3.05, 3.63) is 30.1 Å². The van der Waals surface area contributed by atoms with Gasteiger partial charge in [0.15, 0.2) is 0 Å². The fourth-order valence-corrected chi connectivity index (χ4v) is 2.46. The second kappa shape index (κ2) is 7.35. The van der Waals surface area contributed by atoms with E-state index in [1.165, 1.54) is 0 Å². The summed E-state index contributed by atoms with van der Waals surface area (Å²) in [5.74, 6) is -0.135. The zero-order valence-electron chi connectivity index (χ0n) is 12.0. The lowest BCUT2D eigenvalue weighted by atomic mass is 10.0. The number of carbonyl (C=O) groups excluding carboxylic acids is 1. The number of carbonyl (C=O) groups is 1. The molecular weight excluding hydrogens is 278 g/mol. The lowest BCUT2D eigenvalue weighted by Crippen LogP contribution is -2.46. The molecule has 6 nitrogen and oxygen atoms in total. The molecule has 0 spiro atoms. The smallest absolute Gasteiger partial charge is 0.238 e. The second-order valence-electron chi connectivity index (χ2n) is 5.11. The van der Waals surface area contributed by atoms with Crippen molar-refractivity contribution in [3.8, 4) is 0 Å². The van der Waals surface area contributed by atoms with Crippen LogP contribution in [0.4, 0.5) is 0 Å². The van der Waals surface area contributed by atoms with Gasteiger partial charge in [-0.15, -0.1) is 0 Å². The molecule has 0 aromatic carbocycles. The van der Waals surface area contributed by atoms with Gasteiger partial charge in [0.05, 0.1) is 18.5 Å². The van der Waals surface area contributed by atoms with Gasteiger partial charge >= 0.3 is 0 Å². The minimum Gasteiger partial charge on any atom is -0.349 e. The Hall–Kier alpha value is -1.47. The van der Waals surface area contributed by atoms with Crippen molar-refractivity contribution in [1.82, 2.24) is 15.0 Å². The van der Waals surface area contributed by atoms with Crippen LogP contribution in [0.2, 0.25) is 0 Å². The third-order valence-corrected chi connectivity index (χ3v) is 3.26. The summed E-state index contributed by atoms with van der Waals surface area (Å²) in [5.41, 5.74) is 0.725. The topological polar surface area (TPSA) is 88.2 Å². The monoisotopic (exact) mass is 299 g/mol. The molecule has 2 N–H and O–H groups in total. The van der Waals surface area contributed by atoms with Gasteiger partial charge in [0.1, 0.15) is 6.04 Å². The zero-order chi connectivity index (χ0) is 15.2. The first-order chi connectivity index (χ1) is 9.28. The van der Waals surface area contributed by atoms with E-state index in [1.807, 2.05) is 19.9 Å². The van der Waals surface area contributed by atoms with E-state index in [2.05, 4.69) is 15.0 Å². The molecule has 1 atom stereocenters. The lowest BCUT2D eigenvalue weighted by Gasteiger charge is -2.18. The number of sulfonamides is 1. The second-order valence-corrected chi connectivity index (χ2v) is 6.89. The van der Waals surface area contributed by atoms with Crippen molar-refractivity contribution in [2.24, 2.45) is 5.92 Å². The molecule has 1 aromatic heterocycles. The van der Waals surface area contributed by atoms with Gasteiger partial charge in [-0.05, 0) is 24.5 Å². The zero-order valence-corrected chi connectivity index (χ0v) is 12.8. The van der Waals surface area contributed by atoms with Crippen LogP contribution < -0.4 is 10.0 Å². The van der Waals surface area contributed by atoms with Crippen molar-refractivity contribution in [2.45, 2.75) is 32.9 Å². The molecule has 0 saturated heterocycles. The number of amides is 1.